The molecule has 1 nitrogen and oxygen atoms in total. The highest BCUT2D eigenvalue weighted by atomic mass is 35.5. The van der Waals surface area contributed by atoms with E-state index in [2.05, 4.69) is 4.99 Å². The van der Waals surface area contributed by atoms with Crippen LogP contribution in [0.5, 0.6) is 0 Å². The lowest BCUT2D eigenvalue weighted by molar-refractivity contribution is 0.532. The second kappa shape index (κ2) is 5.11. The first-order valence-corrected chi connectivity index (χ1v) is 4.96. The predicted molar refractivity (Wildman–Crippen MR) is 58.9 cm³/mol. The van der Waals surface area contributed by atoms with Crippen molar-refractivity contribution in [3.8, 4) is 0 Å². The number of hydrogen-bond acceptors (Lipinski definition) is 1. The Bertz CT molecular complexity index is 306. The van der Waals surface area contributed by atoms with Crippen molar-refractivity contribution in [2.45, 2.75) is 25.5 Å². The van der Waals surface area contributed by atoms with Crippen LogP contribution in [0.2, 0.25) is 0 Å². The molecule has 1 unspecified atom stereocenters. The minimum Gasteiger partial charge on any atom is -0.282 e. The first-order chi connectivity index (χ1) is 6.61. The molecule has 0 saturated carbocycles. The summed E-state index contributed by atoms with van der Waals surface area (Å²) in [7, 11) is 0. The molecular formula is C11H13ClFN. The second-order valence-corrected chi connectivity index (χ2v) is 3.66. The highest BCUT2D eigenvalue weighted by molar-refractivity contribution is 6.33. The summed E-state index contributed by atoms with van der Waals surface area (Å²) in [5.41, 5.74) is -0.495. The Balaban J connectivity index is 3.01. The molecule has 0 amide bonds. The van der Waals surface area contributed by atoms with Crippen LogP contribution in [0.3, 0.4) is 0 Å². The van der Waals surface area contributed by atoms with Crippen molar-refractivity contribution in [3.05, 3.63) is 35.9 Å². The molecule has 0 aliphatic carbocycles. The Labute approximate surface area is 88.6 Å². The van der Waals surface area contributed by atoms with E-state index in [1.165, 1.54) is 0 Å². The number of rotatable bonds is 3. The molecule has 1 rings (SSSR count). The fourth-order valence-corrected chi connectivity index (χ4v) is 1.33. The molecule has 3 heteroatoms. The standard InChI is InChI=1S/C11H13ClFN/c1-8(2)14-10(11(12)13)9-6-4-3-5-7-9/h3-8,11H,1-2H3. The van der Waals surface area contributed by atoms with E-state index in [9.17, 15) is 4.39 Å². The van der Waals surface area contributed by atoms with Crippen LogP contribution in [-0.4, -0.2) is 17.4 Å². The molecule has 0 aliphatic rings. The van der Waals surface area contributed by atoms with Gasteiger partial charge in [0.25, 0.3) is 0 Å². The summed E-state index contributed by atoms with van der Waals surface area (Å²) in [6.07, 6.45) is 0. The normalized spacial score (nSPS) is 14.5. The smallest absolute Gasteiger partial charge is 0.215 e. The highest BCUT2D eigenvalue weighted by Gasteiger charge is 2.13. The molecule has 1 aromatic carbocycles. The van der Waals surface area contributed by atoms with E-state index < -0.39 is 5.63 Å². The zero-order valence-corrected chi connectivity index (χ0v) is 9.00. The van der Waals surface area contributed by atoms with Crippen LogP contribution in [0.1, 0.15) is 19.4 Å². The third kappa shape index (κ3) is 3.11. The van der Waals surface area contributed by atoms with E-state index in [0.29, 0.717) is 5.71 Å². The molecule has 0 spiro atoms. The van der Waals surface area contributed by atoms with Gasteiger partial charge in [0.2, 0.25) is 5.63 Å². The first-order valence-electron chi connectivity index (χ1n) is 4.52. The number of aliphatic imine (C=N–C) groups is 1. The van der Waals surface area contributed by atoms with Crippen molar-refractivity contribution in [3.63, 3.8) is 0 Å². The quantitative estimate of drug-likeness (QED) is 0.539. The van der Waals surface area contributed by atoms with Crippen molar-refractivity contribution in [1.82, 2.24) is 0 Å². The van der Waals surface area contributed by atoms with Crippen LogP contribution in [0.15, 0.2) is 35.3 Å². The van der Waals surface area contributed by atoms with Gasteiger partial charge in [-0.1, -0.05) is 41.9 Å². The SMILES string of the molecule is CC(C)N=C(c1ccccc1)C(F)Cl. The van der Waals surface area contributed by atoms with Gasteiger partial charge in [-0.2, -0.15) is 0 Å². The number of benzene rings is 1. The van der Waals surface area contributed by atoms with Crippen LogP contribution in [0.25, 0.3) is 0 Å². The average molecular weight is 214 g/mol. The summed E-state index contributed by atoms with van der Waals surface area (Å²) in [6.45, 7) is 3.78. The minimum atomic E-state index is -1.54. The van der Waals surface area contributed by atoms with Gasteiger partial charge in [0.1, 0.15) is 0 Å². The van der Waals surface area contributed by atoms with Gasteiger partial charge in [-0.25, -0.2) is 4.39 Å². The molecule has 0 radical (unpaired) electrons. The number of alkyl halides is 2. The largest absolute Gasteiger partial charge is 0.282 e. The van der Waals surface area contributed by atoms with Gasteiger partial charge in [-0.05, 0) is 19.4 Å². The average Bonchev–Trinajstić information content (AvgIpc) is 2.15. The van der Waals surface area contributed by atoms with Gasteiger partial charge < -0.3 is 0 Å². The van der Waals surface area contributed by atoms with Gasteiger partial charge >= 0.3 is 0 Å². The first kappa shape index (κ1) is 11.2. The van der Waals surface area contributed by atoms with Gasteiger partial charge in [0, 0.05) is 6.04 Å². The van der Waals surface area contributed by atoms with Crippen molar-refractivity contribution in [2.24, 2.45) is 4.99 Å². The lowest BCUT2D eigenvalue weighted by atomic mass is 10.1. The number of halogens is 2. The Morgan fingerprint density at radius 1 is 1.29 bits per heavy atom. The molecule has 0 bridgehead atoms. The Morgan fingerprint density at radius 3 is 2.29 bits per heavy atom. The Morgan fingerprint density at radius 2 is 1.86 bits per heavy atom. The molecule has 14 heavy (non-hydrogen) atoms. The summed E-state index contributed by atoms with van der Waals surface area (Å²) in [6, 6.07) is 9.20. The van der Waals surface area contributed by atoms with Gasteiger partial charge in [0.05, 0.1) is 5.71 Å². The second-order valence-electron chi connectivity index (χ2n) is 3.27. The molecule has 0 fully saturated rings. The summed E-state index contributed by atoms with van der Waals surface area (Å²) in [5, 5.41) is 0. The third-order valence-electron chi connectivity index (χ3n) is 1.67. The monoisotopic (exact) mass is 213 g/mol. The lowest BCUT2D eigenvalue weighted by Crippen LogP contribution is -2.13. The van der Waals surface area contributed by atoms with Crippen LogP contribution in [0, 0.1) is 0 Å². The number of hydrogen-bond donors (Lipinski definition) is 0. The molecule has 76 valence electrons. The number of nitrogens with zero attached hydrogens (tertiary/aromatic N) is 1. The van der Waals surface area contributed by atoms with E-state index >= 15 is 0 Å². The Kier molecular flexibility index (Phi) is 4.08. The topological polar surface area (TPSA) is 12.4 Å². The fraction of sp³-hybridized carbons (Fsp3) is 0.364. The molecule has 0 aliphatic heterocycles. The maximum absolute atomic E-state index is 13.0. The van der Waals surface area contributed by atoms with Gasteiger partial charge in [-0.15, -0.1) is 0 Å². The van der Waals surface area contributed by atoms with Crippen LogP contribution in [0.4, 0.5) is 4.39 Å². The summed E-state index contributed by atoms with van der Waals surface area (Å²) in [4.78, 5) is 4.16. The summed E-state index contributed by atoms with van der Waals surface area (Å²) < 4.78 is 13.0. The van der Waals surface area contributed by atoms with Gasteiger partial charge in [0.15, 0.2) is 0 Å². The van der Waals surface area contributed by atoms with Crippen LogP contribution in [-0.2, 0) is 0 Å². The molecule has 1 aromatic rings. The molecule has 0 saturated heterocycles. The molecule has 1 atom stereocenters. The molecule has 0 N–H and O–H groups in total. The van der Waals surface area contributed by atoms with E-state index in [0.717, 1.165) is 5.56 Å². The lowest BCUT2D eigenvalue weighted by Gasteiger charge is -2.08. The van der Waals surface area contributed by atoms with Crippen molar-refractivity contribution < 1.29 is 4.39 Å². The maximum Gasteiger partial charge on any atom is 0.215 e. The molecular weight excluding hydrogens is 201 g/mol. The zero-order chi connectivity index (χ0) is 10.6. The van der Waals surface area contributed by atoms with E-state index in [1.54, 1.807) is 12.1 Å². The molecule has 0 heterocycles. The van der Waals surface area contributed by atoms with Crippen molar-refractivity contribution in [2.75, 3.05) is 0 Å². The minimum absolute atomic E-state index is 0.0437. The summed E-state index contributed by atoms with van der Waals surface area (Å²) >= 11 is 5.42. The van der Waals surface area contributed by atoms with Crippen LogP contribution >= 0.6 is 11.6 Å². The molecule has 0 aromatic heterocycles. The van der Waals surface area contributed by atoms with E-state index in [4.69, 9.17) is 11.6 Å². The van der Waals surface area contributed by atoms with Crippen molar-refractivity contribution >= 4 is 17.3 Å². The highest BCUT2D eigenvalue weighted by Crippen LogP contribution is 2.12. The predicted octanol–water partition coefficient (Wildman–Crippen LogP) is 3.42. The zero-order valence-electron chi connectivity index (χ0n) is 8.24. The third-order valence-corrected chi connectivity index (χ3v) is 1.88. The fourth-order valence-electron chi connectivity index (χ4n) is 1.14. The summed E-state index contributed by atoms with van der Waals surface area (Å²) in [5.74, 6) is 0. The van der Waals surface area contributed by atoms with E-state index in [1.807, 2.05) is 32.0 Å². The Hall–Kier alpha value is -0.890. The van der Waals surface area contributed by atoms with Crippen molar-refractivity contribution in [1.29, 1.82) is 0 Å². The van der Waals surface area contributed by atoms with E-state index in [-0.39, 0.29) is 6.04 Å². The maximum atomic E-state index is 13.0. The van der Waals surface area contributed by atoms with Gasteiger partial charge in [-0.3, -0.25) is 4.99 Å². The van der Waals surface area contributed by atoms with Crippen LogP contribution < -0.4 is 0 Å².